The Kier molecular flexibility index (Phi) is 5.81. The zero-order chi connectivity index (χ0) is 13.7. The van der Waals surface area contributed by atoms with E-state index in [2.05, 4.69) is 37.6 Å². The van der Waals surface area contributed by atoms with Crippen molar-refractivity contribution in [1.82, 2.24) is 10.2 Å². The van der Waals surface area contributed by atoms with Gasteiger partial charge in [-0.15, -0.1) is 11.3 Å². The molecule has 0 spiro atoms. The lowest BCUT2D eigenvalue weighted by Crippen LogP contribution is -2.40. The number of nitrogens with zero attached hydrogens (tertiary/aromatic N) is 1. The van der Waals surface area contributed by atoms with Gasteiger partial charge in [-0.3, -0.25) is 9.69 Å². The van der Waals surface area contributed by atoms with Gasteiger partial charge in [0.1, 0.15) is 0 Å². The number of nitrogens with one attached hydrogen (secondary N) is 1. The SMILES string of the molecule is O=C(O)CNCC1CCCN(Cc2csc(Br)c2)C1. The standard InChI is InChI=1S/C13H19BrN2O2S/c14-12-4-11(9-19-12)8-16-3-1-2-10(7-16)5-15-6-13(17)18/h4,9-10,15H,1-3,5-8H2,(H,17,18). The van der Waals surface area contributed by atoms with Crippen LogP contribution in [0.4, 0.5) is 0 Å². The van der Waals surface area contributed by atoms with Gasteiger partial charge in [0.2, 0.25) is 0 Å². The average Bonchev–Trinajstić information content (AvgIpc) is 2.75. The number of likely N-dealkylation sites (tertiary alicyclic amines) is 1. The van der Waals surface area contributed by atoms with Gasteiger partial charge < -0.3 is 10.4 Å². The van der Waals surface area contributed by atoms with E-state index in [0.717, 1.165) is 26.2 Å². The van der Waals surface area contributed by atoms with E-state index in [1.807, 2.05) is 0 Å². The van der Waals surface area contributed by atoms with E-state index in [1.54, 1.807) is 11.3 Å². The van der Waals surface area contributed by atoms with Gasteiger partial charge in [-0.05, 0) is 64.8 Å². The second kappa shape index (κ2) is 7.38. The summed E-state index contributed by atoms with van der Waals surface area (Å²) in [6.07, 6.45) is 2.39. The molecule has 0 aromatic carbocycles. The molecule has 2 N–H and O–H groups in total. The number of hydrogen-bond donors (Lipinski definition) is 2. The Morgan fingerprint density at radius 3 is 3.16 bits per heavy atom. The number of thiophene rings is 1. The Hall–Kier alpha value is -0.430. The van der Waals surface area contributed by atoms with Crippen LogP contribution >= 0.6 is 27.3 Å². The maximum absolute atomic E-state index is 10.5. The Morgan fingerprint density at radius 1 is 1.63 bits per heavy atom. The zero-order valence-electron chi connectivity index (χ0n) is 10.8. The van der Waals surface area contributed by atoms with Gasteiger partial charge in [-0.25, -0.2) is 0 Å². The van der Waals surface area contributed by atoms with Crippen molar-refractivity contribution in [2.45, 2.75) is 19.4 Å². The van der Waals surface area contributed by atoms with Gasteiger partial charge in [-0.1, -0.05) is 0 Å². The summed E-state index contributed by atoms with van der Waals surface area (Å²) in [5, 5.41) is 13.8. The summed E-state index contributed by atoms with van der Waals surface area (Å²) < 4.78 is 1.18. The number of rotatable bonds is 6. The lowest BCUT2D eigenvalue weighted by molar-refractivity contribution is -0.136. The monoisotopic (exact) mass is 346 g/mol. The van der Waals surface area contributed by atoms with Gasteiger partial charge >= 0.3 is 5.97 Å². The minimum Gasteiger partial charge on any atom is -0.480 e. The molecule has 0 bridgehead atoms. The predicted octanol–water partition coefficient (Wildman–Crippen LogP) is 2.40. The number of piperidine rings is 1. The fraction of sp³-hybridized carbons (Fsp3) is 0.615. The summed E-state index contributed by atoms with van der Waals surface area (Å²) in [5.74, 6) is -0.217. The second-order valence-corrected chi connectivity index (χ2v) is 7.32. The van der Waals surface area contributed by atoms with E-state index in [1.165, 1.54) is 22.2 Å². The van der Waals surface area contributed by atoms with Crippen molar-refractivity contribution in [3.05, 3.63) is 20.8 Å². The number of carbonyl (C=O) groups is 1. The third-order valence-electron chi connectivity index (χ3n) is 3.34. The quantitative estimate of drug-likeness (QED) is 0.830. The molecule has 1 aromatic heterocycles. The number of aliphatic carboxylic acids is 1. The molecule has 0 amide bonds. The van der Waals surface area contributed by atoms with Gasteiger partial charge in [0.25, 0.3) is 0 Å². The van der Waals surface area contributed by atoms with Gasteiger partial charge in [0, 0.05) is 13.1 Å². The molecule has 19 heavy (non-hydrogen) atoms. The summed E-state index contributed by atoms with van der Waals surface area (Å²) in [6, 6.07) is 2.18. The van der Waals surface area contributed by atoms with Crippen LogP contribution in [-0.4, -0.2) is 42.2 Å². The number of carboxylic acids is 1. The molecule has 1 fully saturated rings. The van der Waals surface area contributed by atoms with Crippen LogP contribution in [0.5, 0.6) is 0 Å². The Balaban J connectivity index is 1.75. The van der Waals surface area contributed by atoms with E-state index >= 15 is 0 Å². The first-order valence-corrected chi connectivity index (χ1v) is 8.18. The van der Waals surface area contributed by atoms with Crippen LogP contribution < -0.4 is 5.32 Å². The molecule has 4 nitrogen and oxygen atoms in total. The van der Waals surface area contributed by atoms with Crippen molar-refractivity contribution in [3.63, 3.8) is 0 Å². The van der Waals surface area contributed by atoms with Crippen molar-refractivity contribution >= 4 is 33.2 Å². The van der Waals surface area contributed by atoms with Crippen LogP contribution in [0.3, 0.4) is 0 Å². The van der Waals surface area contributed by atoms with Crippen molar-refractivity contribution in [1.29, 1.82) is 0 Å². The molecule has 1 aromatic rings. The Labute approximate surface area is 125 Å². The van der Waals surface area contributed by atoms with Gasteiger partial charge in [0.15, 0.2) is 0 Å². The molecule has 0 aliphatic carbocycles. The molecule has 6 heteroatoms. The molecule has 1 atom stereocenters. The molecule has 0 saturated carbocycles. The lowest BCUT2D eigenvalue weighted by Gasteiger charge is -2.32. The normalized spacial score (nSPS) is 20.6. The van der Waals surface area contributed by atoms with Crippen molar-refractivity contribution in [2.24, 2.45) is 5.92 Å². The first-order chi connectivity index (χ1) is 9.13. The lowest BCUT2D eigenvalue weighted by atomic mass is 9.97. The first-order valence-electron chi connectivity index (χ1n) is 6.51. The van der Waals surface area contributed by atoms with Crippen LogP contribution in [0.15, 0.2) is 15.2 Å². The van der Waals surface area contributed by atoms with Crippen LogP contribution in [0.1, 0.15) is 18.4 Å². The van der Waals surface area contributed by atoms with E-state index < -0.39 is 5.97 Å². The van der Waals surface area contributed by atoms with Crippen LogP contribution in [-0.2, 0) is 11.3 Å². The fourth-order valence-corrected chi connectivity index (χ4v) is 3.73. The van der Waals surface area contributed by atoms with Crippen LogP contribution in [0.25, 0.3) is 0 Å². The molecule has 1 aliphatic heterocycles. The number of carboxylic acid groups (broad SMARTS) is 1. The summed E-state index contributed by atoms with van der Waals surface area (Å²) in [4.78, 5) is 12.9. The molecule has 1 aliphatic rings. The van der Waals surface area contributed by atoms with Crippen LogP contribution in [0.2, 0.25) is 0 Å². The van der Waals surface area contributed by atoms with Crippen molar-refractivity contribution in [3.8, 4) is 0 Å². The van der Waals surface area contributed by atoms with Gasteiger partial charge in [0.05, 0.1) is 10.3 Å². The molecular formula is C13H19BrN2O2S. The van der Waals surface area contributed by atoms with Crippen LogP contribution in [0, 0.1) is 5.92 Å². The fourth-order valence-electron chi connectivity index (χ4n) is 2.53. The van der Waals surface area contributed by atoms with E-state index in [4.69, 9.17) is 5.11 Å². The molecular weight excluding hydrogens is 328 g/mol. The summed E-state index contributed by atoms with van der Waals surface area (Å²) >= 11 is 5.21. The molecule has 2 heterocycles. The van der Waals surface area contributed by atoms with E-state index in [-0.39, 0.29) is 6.54 Å². The third kappa shape index (κ3) is 5.22. The molecule has 1 saturated heterocycles. The highest BCUT2D eigenvalue weighted by molar-refractivity contribution is 9.11. The largest absolute Gasteiger partial charge is 0.480 e. The maximum Gasteiger partial charge on any atom is 0.317 e. The predicted molar refractivity (Wildman–Crippen MR) is 80.5 cm³/mol. The zero-order valence-corrected chi connectivity index (χ0v) is 13.2. The highest BCUT2D eigenvalue weighted by Gasteiger charge is 2.20. The number of halogens is 1. The smallest absolute Gasteiger partial charge is 0.317 e. The molecule has 1 unspecified atom stereocenters. The Morgan fingerprint density at radius 2 is 2.47 bits per heavy atom. The van der Waals surface area contributed by atoms with E-state index in [0.29, 0.717) is 5.92 Å². The Bertz CT molecular complexity index is 425. The van der Waals surface area contributed by atoms with Crippen molar-refractivity contribution < 1.29 is 9.90 Å². The van der Waals surface area contributed by atoms with E-state index in [9.17, 15) is 4.79 Å². The second-order valence-electron chi connectivity index (χ2n) is 5.03. The summed E-state index contributed by atoms with van der Waals surface area (Å²) in [5.41, 5.74) is 1.36. The molecule has 2 rings (SSSR count). The van der Waals surface area contributed by atoms with Crippen molar-refractivity contribution in [2.75, 3.05) is 26.2 Å². The minimum absolute atomic E-state index is 0.0635. The molecule has 106 valence electrons. The molecule has 0 radical (unpaired) electrons. The summed E-state index contributed by atoms with van der Waals surface area (Å²) in [7, 11) is 0. The highest BCUT2D eigenvalue weighted by Crippen LogP contribution is 2.24. The summed E-state index contributed by atoms with van der Waals surface area (Å²) in [6.45, 7) is 4.06. The third-order valence-corrected chi connectivity index (χ3v) is 4.89. The first kappa shape index (κ1) is 15.0. The van der Waals surface area contributed by atoms with Gasteiger partial charge in [-0.2, -0.15) is 0 Å². The minimum atomic E-state index is -0.782. The average molecular weight is 347 g/mol. The maximum atomic E-state index is 10.5. The topological polar surface area (TPSA) is 52.6 Å². The number of hydrogen-bond acceptors (Lipinski definition) is 4. The highest BCUT2D eigenvalue weighted by atomic mass is 79.9.